The predicted octanol–water partition coefficient (Wildman–Crippen LogP) is 1.19. The molecule has 0 saturated carbocycles. The fraction of sp³-hybridized carbons (Fsp3) is 0.385. The average Bonchev–Trinajstić information content (AvgIpc) is 2.42. The molecular formula is C13H16N2O3S. The summed E-state index contributed by atoms with van der Waals surface area (Å²) in [5, 5.41) is 11.4. The van der Waals surface area contributed by atoms with E-state index in [4.69, 9.17) is 5.11 Å². The van der Waals surface area contributed by atoms with E-state index in [9.17, 15) is 9.59 Å². The van der Waals surface area contributed by atoms with Crippen molar-refractivity contribution in [3.05, 3.63) is 24.3 Å². The molecule has 1 heterocycles. The molecule has 0 aliphatic carbocycles. The van der Waals surface area contributed by atoms with Crippen molar-refractivity contribution >= 4 is 29.3 Å². The Hall–Kier alpha value is -1.53. The summed E-state index contributed by atoms with van der Waals surface area (Å²) < 4.78 is 0. The van der Waals surface area contributed by atoms with Crippen molar-refractivity contribution in [2.45, 2.75) is 11.3 Å². The van der Waals surface area contributed by atoms with Gasteiger partial charge in [-0.15, -0.1) is 11.8 Å². The first kappa shape index (κ1) is 13.9. The molecule has 0 unspecified atom stereocenters. The van der Waals surface area contributed by atoms with Crippen molar-refractivity contribution in [2.75, 3.05) is 30.3 Å². The van der Waals surface area contributed by atoms with Gasteiger partial charge in [0.05, 0.1) is 18.7 Å². The van der Waals surface area contributed by atoms with Gasteiger partial charge in [-0.3, -0.25) is 9.59 Å². The van der Waals surface area contributed by atoms with Crippen molar-refractivity contribution in [1.82, 2.24) is 5.32 Å². The highest BCUT2D eigenvalue weighted by Gasteiger charge is 2.21. The van der Waals surface area contributed by atoms with Crippen LogP contribution in [0.2, 0.25) is 0 Å². The van der Waals surface area contributed by atoms with E-state index in [2.05, 4.69) is 5.32 Å². The number of carboxylic acids is 1. The average molecular weight is 280 g/mol. The van der Waals surface area contributed by atoms with Crippen molar-refractivity contribution in [2.24, 2.45) is 0 Å². The molecule has 1 aliphatic heterocycles. The van der Waals surface area contributed by atoms with Crippen LogP contribution in [0.3, 0.4) is 0 Å². The summed E-state index contributed by atoms with van der Waals surface area (Å²) in [5.41, 5.74) is 0.948. The third-order valence-corrected chi connectivity index (χ3v) is 3.86. The van der Waals surface area contributed by atoms with Gasteiger partial charge in [0.25, 0.3) is 0 Å². The number of anilines is 1. The maximum absolute atomic E-state index is 12.1. The summed E-state index contributed by atoms with van der Waals surface area (Å²) in [6.07, 6.45) is 0.0275. The summed E-state index contributed by atoms with van der Waals surface area (Å²) >= 11 is 1.75. The number of hydrogen-bond donors (Lipinski definition) is 2. The quantitative estimate of drug-likeness (QED) is 0.793. The Morgan fingerprint density at radius 3 is 2.95 bits per heavy atom. The largest absolute Gasteiger partial charge is 0.481 e. The van der Waals surface area contributed by atoms with Gasteiger partial charge < -0.3 is 15.3 Å². The Balaban J connectivity index is 1.92. The van der Waals surface area contributed by atoms with Gasteiger partial charge in [0.15, 0.2) is 0 Å². The van der Waals surface area contributed by atoms with E-state index in [0.717, 1.165) is 16.3 Å². The molecule has 19 heavy (non-hydrogen) atoms. The number of carboxylic acid groups (broad SMARTS) is 1. The second kappa shape index (κ2) is 6.58. The van der Waals surface area contributed by atoms with E-state index < -0.39 is 5.97 Å². The molecule has 0 atom stereocenters. The molecule has 1 aromatic rings. The minimum atomic E-state index is -0.861. The Morgan fingerprint density at radius 2 is 2.16 bits per heavy atom. The number of thioether (sulfide) groups is 1. The first-order valence-corrected chi connectivity index (χ1v) is 7.12. The van der Waals surface area contributed by atoms with E-state index in [0.29, 0.717) is 13.1 Å². The zero-order valence-corrected chi connectivity index (χ0v) is 11.3. The monoisotopic (exact) mass is 280 g/mol. The van der Waals surface area contributed by atoms with Crippen molar-refractivity contribution in [3.8, 4) is 0 Å². The number of nitrogens with zero attached hydrogens (tertiary/aromatic N) is 1. The SMILES string of the molecule is O=C(O)CCNCC(=O)N1CCSc2ccccc21. The number of hydrogen-bond acceptors (Lipinski definition) is 4. The standard InChI is InChI=1S/C13H16N2O3S/c16-12(9-14-6-5-13(17)18)15-7-8-19-11-4-2-1-3-10(11)15/h1-4,14H,5-9H2,(H,17,18). The number of nitrogens with one attached hydrogen (secondary N) is 1. The summed E-state index contributed by atoms with van der Waals surface area (Å²) in [5.74, 6) is 0.00975. The molecular weight excluding hydrogens is 264 g/mol. The molecule has 6 heteroatoms. The molecule has 0 saturated heterocycles. The van der Waals surface area contributed by atoms with Gasteiger partial charge in [0, 0.05) is 23.7 Å². The van der Waals surface area contributed by atoms with E-state index in [1.165, 1.54) is 0 Å². The van der Waals surface area contributed by atoms with E-state index in [1.807, 2.05) is 24.3 Å². The zero-order valence-electron chi connectivity index (χ0n) is 10.5. The normalized spacial score (nSPS) is 14.0. The maximum Gasteiger partial charge on any atom is 0.304 e. The zero-order chi connectivity index (χ0) is 13.7. The molecule has 1 aromatic carbocycles. The van der Waals surface area contributed by atoms with Crippen LogP contribution < -0.4 is 10.2 Å². The fourth-order valence-corrected chi connectivity index (χ4v) is 2.91. The van der Waals surface area contributed by atoms with Crippen LogP contribution >= 0.6 is 11.8 Å². The van der Waals surface area contributed by atoms with Crippen molar-refractivity contribution in [3.63, 3.8) is 0 Å². The summed E-state index contributed by atoms with van der Waals surface area (Å²) in [6, 6.07) is 7.84. The van der Waals surface area contributed by atoms with Crippen LogP contribution in [0.4, 0.5) is 5.69 Å². The smallest absolute Gasteiger partial charge is 0.304 e. The molecule has 0 fully saturated rings. The minimum absolute atomic E-state index is 0.0156. The van der Waals surface area contributed by atoms with Gasteiger partial charge in [-0.2, -0.15) is 0 Å². The lowest BCUT2D eigenvalue weighted by Crippen LogP contribution is -2.41. The molecule has 102 valence electrons. The van der Waals surface area contributed by atoms with Crippen LogP contribution in [0.1, 0.15) is 6.42 Å². The highest BCUT2D eigenvalue weighted by Crippen LogP contribution is 2.34. The molecule has 1 aliphatic rings. The van der Waals surface area contributed by atoms with Gasteiger partial charge in [-0.25, -0.2) is 0 Å². The molecule has 1 amide bonds. The van der Waals surface area contributed by atoms with Crippen molar-refractivity contribution in [1.29, 1.82) is 0 Å². The first-order valence-electron chi connectivity index (χ1n) is 6.13. The van der Waals surface area contributed by atoms with Gasteiger partial charge in [0.2, 0.25) is 5.91 Å². The second-order valence-corrected chi connectivity index (χ2v) is 5.32. The minimum Gasteiger partial charge on any atom is -0.481 e. The van der Waals surface area contributed by atoms with Crippen LogP contribution in [0.5, 0.6) is 0 Å². The predicted molar refractivity (Wildman–Crippen MR) is 74.6 cm³/mol. The van der Waals surface area contributed by atoms with Gasteiger partial charge >= 0.3 is 5.97 Å². The Labute approximate surface area is 116 Å². The lowest BCUT2D eigenvalue weighted by molar-refractivity contribution is -0.137. The molecule has 2 N–H and O–H groups in total. The molecule has 0 radical (unpaired) electrons. The van der Waals surface area contributed by atoms with E-state index >= 15 is 0 Å². The molecule has 0 spiro atoms. The number of benzene rings is 1. The number of carbonyl (C=O) groups is 2. The van der Waals surface area contributed by atoms with Crippen molar-refractivity contribution < 1.29 is 14.7 Å². The molecule has 2 rings (SSSR count). The van der Waals surface area contributed by atoms with Crippen LogP contribution in [-0.2, 0) is 9.59 Å². The summed E-state index contributed by atoms with van der Waals surface area (Å²) in [4.78, 5) is 25.4. The summed E-state index contributed by atoms with van der Waals surface area (Å²) in [7, 11) is 0. The highest BCUT2D eigenvalue weighted by atomic mass is 32.2. The fourth-order valence-electron chi connectivity index (χ4n) is 1.91. The van der Waals surface area contributed by atoms with Crippen LogP contribution in [0, 0.1) is 0 Å². The van der Waals surface area contributed by atoms with E-state index in [1.54, 1.807) is 16.7 Å². The lowest BCUT2D eigenvalue weighted by atomic mass is 10.2. The van der Waals surface area contributed by atoms with E-state index in [-0.39, 0.29) is 18.9 Å². The Kier molecular flexibility index (Phi) is 4.81. The second-order valence-electron chi connectivity index (χ2n) is 4.18. The number of para-hydroxylation sites is 1. The Bertz CT molecular complexity index is 479. The number of aliphatic carboxylic acids is 1. The molecule has 0 bridgehead atoms. The maximum atomic E-state index is 12.1. The number of amides is 1. The first-order chi connectivity index (χ1) is 9.18. The lowest BCUT2D eigenvalue weighted by Gasteiger charge is -2.29. The number of carbonyl (C=O) groups excluding carboxylic acids is 1. The van der Waals surface area contributed by atoms with Gasteiger partial charge in [-0.1, -0.05) is 12.1 Å². The van der Waals surface area contributed by atoms with Crippen LogP contribution in [0.15, 0.2) is 29.2 Å². The number of fused-ring (bicyclic) bond motifs is 1. The third-order valence-electron chi connectivity index (χ3n) is 2.82. The third kappa shape index (κ3) is 3.71. The molecule has 5 nitrogen and oxygen atoms in total. The van der Waals surface area contributed by atoms with Crippen LogP contribution in [-0.4, -0.2) is 42.4 Å². The highest BCUT2D eigenvalue weighted by molar-refractivity contribution is 7.99. The number of rotatable bonds is 5. The van der Waals surface area contributed by atoms with Gasteiger partial charge in [0.1, 0.15) is 0 Å². The van der Waals surface area contributed by atoms with Crippen LogP contribution in [0.25, 0.3) is 0 Å². The summed E-state index contributed by atoms with van der Waals surface area (Å²) in [6.45, 7) is 1.18. The topological polar surface area (TPSA) is 69.6 Å². The molecule has 0 aromatic heterocycles. The van der Waals surface area contributed by atoms with Gasteiger partial charge in [-0.05, 0) is 12.1 Å². The Morgan fingerprint density at radius 1 is 1.37 bits per heavy atom.